The molecule has 0 saturated carbocycles. The van der Waals surface area contributed by atoms with E-state index >= 15 is 0 Å². The van der Waals surface area contributed by atoms with Crippen molar-refractivity contribution >= 4 is 15.7 Å². The number of ether oxygens (including phenoxy) is 1. The normalized spacial score (nSPS) is 11.3. The highest BCUT2D eigenvalue weighted by Crippen LogP contribution is 2.29. The molecule has 1 heterocycles. The third kappa shape index (κ3) is 2.85. The number of aryl methyl sites for hydroxylation is 1. The Hall–Kier alpha value is -2.22. The van der Waals surface area contributed by atoms with Gasteiger partial charge in [-0.3, -0.25) is 4.72 Å². The van der Waals surface area contributed by atoms with Gasteiger partial charge in [-0.05, 0) is 12.1 Å². The van der Waals surface area contributed by atoms with Gasteiger partial charge in [-0.1, -0.05) is 6.92 Å². The Kier molecular flexibility index (Phi) is 3.84. The quantitative estimate of drug-likeness (QED) is 0.775. The predicted octanol–water partition coefficient (Wildman–Crippen LogP) is 1.49. The number of aromatic amines is 1. The monoisotopic (exact) mass is 297 g/mol. The van der Waals surface area contributed by atoms with Crippen molar-refractivity contribution in [3.8, 4) is 11.5 Å². The molecule has 0 amide bonds. The minimum absolute atomic E-state index is 0.0235. The summed E-state index contributed by atoms with van der Waals surface area (Å²) in [5.41, 5.74) is 0.232. The Balaban J connectivity index is 2.26. The van der Waals surface area contributed by atoms with Crippen LogP contribution in [0.25, 0.3) is 0 Å². The van der Waals surface area contributed by atoms with Crippen LogP contribution in [0, 0.1) is 0 Å². The van der Waals surface area contributed by atoms with E-state index in [1.54, 1.807) is 0 Å². The van der Waals surface area contributed by atoms with Gasteiger partial charge >= 0.3 is 0 Å². The van der Waals surface area contributed by atoms with Gasteiger partial charge in [0.1, 0.15) is 5.82 Å². The van der Waals surface area contributed by atoms with E-state index in [4.69, 9.17) is 4.74 Å². The maximum Gasteiger partial charge on any atom is 0.278 e. The van der Waals surface area contributed by atoms with Gasteiger partial charge in [0.15, 0.2) is 16.5 Å². The van der Waals surface area contributed by atoms with Gasteiger partial charge in [-0.2, -0.15) is 8.42 Å². The van der Waals surface area contributed by atoms with Crippen LogP contribution in [0.2, 0.25) is 0 Å². The highest BCUT2D eigenvalue weighted by atomic mass is 32.2. The van der Waals surface area contributed by atoms with E-state index in [2.05, 4.69) is 14.7 Å². The maximum atomic E-state index is 12.1. The Morgan fingerprint density at radius 1 is 1.45 bits per heavy atom. The molecule has 20 heavy (non-hydrogen) atoms. The summed E-state index contributed by atoms with van der Waals surface area (Å²) in [5, 5.41) is 9.60. The van der Waals surface area contributed by atoms with Crippen molar-refractivity contribution in [3.63, 3.8) is 0 Å². The second kappa shape index (κ2) is 5.41. The number of H-pyrrole nitrogens is 1. The number of benzene rings is 1. The van der Waals surface area contributed by atoms with Gasteiger partial charge in [0.25, 0.3) is 10.0 Å². The zero-order valence-electron chi connectivity index (χ0n) is 11.0. The lowest BCUT2D eigenvalue weighted by atomic mass is 10.3. The predicted molar refractivity (Wildman–Crippen MR) is 73.4 cm³/mol. The number of aromatic nitrogens is 2. The average molecular weight is 297 g/mol. The van der Waals surface area contributed by atoms with Crippen molar-refractivity contribution in [2.45, 2.75) is 18.4 Å². The molecule has 3 N–H and O–H groups in total. The van der Waals surface area contributed by atoms with Crippen molar-refractivity contribution < 1.29 is 18.3 Å². The van der Waals surface area contributed by atoms with Crippen LogP contribution in [-0.4, -0.2) is 30.6 Å². The molecule has 0 aliphatic rings. The molecule has 0 fully saturated rings. The number of imidazole rings is 1. The van der Waals surface area contributed by atoms with Crippen LogP contribution in [0.5, 0.6) is 11.5 Å². The van der Waals surface area contributed by atoms with Crippen molar-refractivity contribution in [3.05, 3.63) is 30.2 Å². The molecule has 7 nitrogen and oxygen atoms in total. The van der Waals surface area contributed by atoms with Gasteiger partial charge in [0, 0.05) is 12.5 Å². The van der Waals surface area contributed by atoms with Crippen LogP contribution in [0.4, 0.5) is 5.69 Å². The van der Waals surface area contributed by atoms with Crippen LogP contribution in [0.1, 0.15) is 12.7 Å². The first-order valence-electron chi connectivity index (χ1n) is 5.90. The molecule has 0 saturated heterocycles. The molecule has 1 aromatic carbocycles. The molecule has 1 aromatic heterocycles. The van der Waals surface area contributed by atoms with Crippen LogP contribution in [0.3, 0.4) is 0 Å². The smallest absolute Gasteiger partial charge is 0.278 e. The lowest BCUT2D eigenvalue weighted by Crippen LogP contribution is -2.13. The van der Waals surface area contributed by atoms with Crippen molar-refractivity contribution in [1.82, 2.24) is 9.97 Å². The van der Waals surface area contributed by atoms with Crippen LogP contribution in [0.15, 0.2) is 29.4 Å². The topological polar surface area (TPSA) is 104 Å². The number of nitrogens with zero attached hydrogens (tertiary/aromatic N) is 1. The zero-order chi connectivity index (χ0) is 14.8. The first-order valence-corrected chi connectivity index (χ1v) is 7.38. The number of nitrogens with one attached hydrogen (secondary N) is 2. The molecule has 2 aromatic rings. The number of rotatable bonds is 5. The van der Waals surface area contributed by atoms with Crippen LogP contribution >= 0.6 is 0 Å². The number of sulfonamides is 1. The molecule has 0 aliphatic heterocycles. The minimum atomic E-state index is -3.76. The minimum Gasteiger partial charge on any atom is -0.504 e. The lowest BCUT2D eigenvalue weighted by Gasteiger charge is -2.08. The third-order valence-corrected chi connectivity index (χ3v) is 3.95. The number of hydrogen-bond donors (Lipinski definition) is 3. The molecular weight excluding hydrogens is 282 g/mol. The molecule has 2 rings (SSSR count). The fourth-order valence-electron chi connectivity index (χ4n) is 1.62. The molecule has 0 spiro atoms. The molecule has 8 heteroatoms. The third-order valence-electron chi connectivity index (χ3n) is 2.66. The summed E-state index contributed by atoms with van der Waals surface area (Å²) >= 11 is 0. The van der Waals surface area contributed by atoms with Crippen LogP contribution in [-0.2, 0) is 16.4 Å². The summed E-state index contributed by atoms with van der Waals surface area (Å²) in [5.74, 6) is 0.706. The fourth-order valence-corrected chi connectivity index (χ4v) is 2.61. The van der Waals surface area contributed by atoms with E-state index in [-0.39, 0.29) is 22.2 Å². The largest absolute Gasteiger partial charge is 0.504 e. The Bertz CT molecular complexity index is 709. The molecule has 0 bridgehead atoms. The molecule has 108 valence electrons. The number of anilines is 1. The van der Waals surface area contributed by atoms with Crippen molar-refractivity contribution in [2.24, 2.45) is 0 Å². The van der Waals surface area contributed by atoms with E-state index in [9.17, 15) is 13.5 Å². The second-order valence-electron chi connectivity index (χ2n) is 4.04. The number of phenolic OH excluding ortho intramolecular Hbond substituents is 1. The maximum absolute atomic E-state index is 12.1. The zero-order valence-corrected chi connectivity index (χ0v) is 11.9. The molecule has 0 atom stereocenters. The molecule has 0 unspecified atom stereocenters. The van der Waals surface area contributed by atoms with Crippen LogP contribution < -0.4 is 9.46 Å². The molecular formula is C12H15N3O4S. The summed E-state index contributed by atoms with van der Waals surface area (Å²) < 4.78 is 31.4. The highest BCUT2D eigenvalue weighted by molar-refractivity contribution is 7.92. The highest BCUT2D eigenvalue weighted by Gasteiger charge is 2.17. The van der Waals surface area contributed by atoms with E-state index in [1.807, 2.05) is 6.92 Å². The summed E-state index contributed by atoms with van der Waals surface area (Å²) in [4.78, 5) is 6.66. The summed E-state index contributed by atoms with van der Waals surface area (Å²) in [6.45, 7) is 1.87. The Morgan fingerprint density at radius 2 is 2.20 bits per heavy atom. The second-order valence-corrected chi connectivity index (χ2v) is 5.69. The van der Waals surface area contributed by atoms with E-state index in [0.29, 0.717) is 12.2 Å². The first-order chi connectivity index (χ1) is 9.46. The van der Waals surface area contributed by atoms with Gasteiger partial charge in [0.2, 0.25) is 0 Å². The van der Waals surface area contributed by atoms with Gasteiger partial charge in [0.05, 0.1) is 19.0 Å². The van der Waals surface area contributed by atoms with Gasteiger partial charge < -0.3 is 14.8 Å². The molecule has 0 aliphatic carbocycles. The van der Waals surface area contributed by atoms with Gasteiger partial charge in [-0.15, -0.1) is 0 Å². The number of aromatic hydroxyl groups is 1. The van der Waals surface area contributed by atoms with Gasteiger partial charge in [-0.25, -0.2) is 4.98 Å². The number of hydrogen-bond acceptors (Lipinski definition) is 5. The lowest BCUT2D eigenvalue weighted by molar-refractivity contribution is 0.373. The van der Waals surface area contributed by atoms with E-state index < -0.39 is 10.0 Å². The molecule has 0 radical (unpaired) electrons. The summed E-state index contributed by atoms with van der Waals surface area (Å²) in [6.07, 6.45) is 1.86. The van der Waals surface area contributed by atoms with E-state index in [1.165, 1.54) is 31.5 Å². The number of methoxy groups -OCH3 is 1. The Labute approximate surface area is 116 Å². The van der Waals surface area contributed by atoms with Crippen molar-refractivity contribution in [2.75, 3.05) is 11.8 Å². The number of phenols is 1. The Morgan fingerprint density at radius 3 is 2.75 bits per heavy atom. The standard InChI is InChI=1S/C12H15N3O4S/c1-3-11-13-7-12(14-11)20(17,18)15-8-4-5-10(19-2)9(16)6-8/h4-7,15-16H,3H2,1-2H3,(H,13,14). The van der Waals surface area contributed by atoms with E-state index in [0.717, 1.165) is 0 Å². The van der Waals surface area contributed by atoms with Crippen molar-refractivity contribution in [1.29, 1.82) is 0 Å². The fraction of sp³-hybridized carbons (Fsp3) is 0.250. The first kappa shape index (κ1) is 14.2. The average Bonchev–Trinajstić information content (AvgIpc) is 2.88. The summed E-state index contributed by atoms with van der Waals surface area (Å²) in [7, 11) is -2.35. The summed E-state index contributed by atoms with van der Waals surface area (Å²) in [6, 6.07) is 4.23. The SMILES string of the molecule is CCc1ncc(S(=O)(=O)Nc2ccc(OC)c(O)c2)[nH]1.